The summed E-state index contributed by atoms with van der Waals surface area (Å²) in [7, 11) is 0. The highest BCUT2D eigenvalue weighted by Crippen LogP contribution is 2.30. The van der Waals surface area contributed by atoms with Gasteiger partial charge >= 0.3 is 0 Å². The third-order valence-corrected chi connectivity index (χ3v) is 6.85. The van der Waals surface area contributed by atoms with Gasteiger partial charge in [0.1, 0.15) is 0 Å². The van der Waals surface area contributed by atoms with Crippen molar-refractivity contribution >= 4 is 18.2 Å². The summed E-state index contributed by atoms with van der Waals surface area (Å²) >= 11 is 1.49. The van der Waals surface area contributed by atoms with Crippen LogP contribution in [0.3, 0.4) is 0 Å². The van der Waals surface area contributed by atoms with Gasteiger partial charge in [-0.3, -0.25) is 4.90 Å². The van der Waals surface area contributed by atoms with E-state index >= 15 is 0 Å². The van der Waals surface area contributed by atoms with E-state index in [1.165, 1.54) is 44.2 Å². The van der Waals surface area contributed by atoms with Gasteiger partial charge in [0, 0.05) is 73.0 Å². The fraction of sp³-hybridized carbons (Fsp3) is 0.400. The zero-order valence-corrected chi connectivity index (χ0v) is 18.2. The van der Waals surface area contributed by atoms with Gasteiger partial charge in [-0.2, -0.15) is 5.26 Å². The number of hydrogen-bond donors (Lipinski definition) is 0. The van der Waals surface area contributed by atoms with Gasteiger partial charge in [-0.05, 0) is 49.1 Å². The molecule has 0 aromatic carbocycles. The Morgan fingerprint density at radius 3 is 2.90 bits per heavy atom. The number of nitriles is 1. The van der Waals surface area contributed by atoms with Crippen LogP contribution in [-0.4, -0.2) is 48.2 Å². The highest BCUT2D eigenvalue weighted by atomic mass is 32.2. The Balaban J connectivity index is 1.40. The van der Waals surface area contributed by atoms with E-state index in [4.69, 9.17) is 0 Å². The minimum Gasteiger partial charge on any atom is -0.370 e. The third kappa shape index (κ3) is 5.15. The van der Waals surface area contributed by atoms with E-state index in [0.29, 0.717) is 5.57 Å². The monoisotopic (exact) mass is 416 g/mol. The highest BCUT2D eigenvalue weighted by molar-refractivity contribution is 8.02. The van der Waals surface area contributed by atoms with Crippen molar-refractivity contribution in [3.05, 3.63) is 76.1 Å². The van der Waals surface area contributed by atoms with Crippen LogP contribution in [0.2, 0.25) is 0 Å². The average molecular weight is 417 g/mol. The fourth-order valence-electron chi connectivity index (χ4n) is 4.13. The summed E-state index contributed by atoms with van der Waals surface area (Å²) in [6.45, 7) is 8.84. The van der Waals surface area contributed by atoms with Gasteiger partial charge in [0.05, 0.1) is 11.6 Å². The molecule has 154 valence electrons. The van der Waals surface area contributed by atoms with Gasteiger partial charge in [-0.1, -0.05) is 25.2 Å². The van der Waals surface area contributed by atoms with Crippen molar-refractivity contribution in [1.29, 1.82) is 5.26 Å². The number of hydrogen-bond acceptors (Lipinski definition) is 5. The Labute approximate surface area is 184 Å². The van der Waals surface area contributed by atoms with Crippen LogP contribution in [0.4, 0.5) is 0 Å². The standard InChI is InChI=1S/C25H28N4S/c1-20(28-12-5-13-29(15-14-28)24-8-4-9-24)23-10-11-25(30-27-19-23)17-21-6-2-3-7-22(16-21)18-26/h2,6-7,10-11,16,19,24H,1,4-5,8-9,12-15,17H2. The first-order valence-electron chi connectivity index (χ1n) is 10.8. The van der Waals surface area contributed by atoms with E-state index in [1.807, 2.05) is 24.4 Å². The molecule has 1 saturated carbocycles. The largest absolute Gasteiger partial charge is 0.370 e. The molecule has 5 heteroatoms. The van der Waals surface area contributed by atoms with Crippen LogP contribution in [0.1, 0.15) is 32.1 Å². The second kappa shape index (κ2) is 10.00. The Hall–Kier alpha value is -2.51. The summed E-state index contributed by atoms with van der Waals surface area (Å²) < 4.78 is 4.58. The third-order valence-electron chi connectivity index (χ3n) is 6.13. The van der Waals surface area contributed by atoms with Crippen molar-refractivity contribution in [2.45, 2.75) is 38.1 Å². The lowest BCUT2D eigenvalue weighted by atomic mass is 9.91. The lowest BCUT2D eigenvalue weighted by Gasteiger charge is -2.36. The molecule has 0 spiro atoms. The summed E-state index contributed by atoms with van der Waals surface area (Å²) in [4.78, 5) is 6.25. The second-order valence-corrected chi connectivity index (χ2v) is 9.01. The van der Waals surface area contributed by atoms with Crippen LogP contribution in [-0.2, 0) is 0 Å². The summed E-state index contributed by atoms with van der Waals surface area (Å²) in [5.74, 6) is 0. The van der Waals surface area contributed by atoms with E-state index in [9.17, 15) is 5.26 Å². The molecule has 2 heterocycles. The average Bonchev–Trinajstić information content (AvgIpc) is 3.18. The molecule has 1 saturated heterocycles. The zero-order valence-electron chi connectivity index (χ0n) is 17.4. The van der Waals surface area contributed by atoms with E-state index in [-0.39, 0.29) is 0 Å². The van der Waals surface area contributed by atoms with Crippen molar-refractivity contribution in [3.8, 4) is 6.07 Å². The molecular weight excluding hydrogens is 388 g/mol. The molecule has 0 unspecified atom stereocenters. The van der Waals surface area contributed by atoms with E-state index in [1.54, 1.807) is 6.08 Å². The molecule has 30 heavy (non-hydrogen) atoms. The van der Waals surface area contributed by atoms with Gasteiger partial charge < -0.3 is 4.90 Å². The van der Waals surface area contributed by atoms with Crippen molar-refractivity contribution in [2.24, 2.45) is 4.40 Å². The number of rotatable bonds is 5. The molecule has 0 atom stereocenters. The molecule has 2 aliphatic heterocycles. The summed E-state index contributed by atoms with van der Waals surface area (Å²) in [6.07, 6.45) is 19.8. The molecule has 4 nitrogen and oxygen atoms in total. The van der Waals surface area contributed by atoms with E-state index in [2.05, 4.69) is 44.7 Å². The van der Waals surface area contributed by atoms with Crippen LogP contribution in [0.15, 0.2) is 80.5 Å². The molecule has 0 N–H and O–H groups in total. The van der Waals surface area contributed by atoms with Crippen molar-refractivity contribution in [1.82, 2.24) is 9.80 Å². The smallest absolute Gasteiger partial charge is 0.0998 e. The van der Waals surface area contributed by atoms with Crippen LogP contribution < -0.4 is 0 Å². The van der Waals surface area contributed by atoms with Crippen LogP contribution in [0.5, 0.6) is 0 Å². The first-order chi connectivity index (χ1) is 14.7. The van der Waals surface area contributed by atoms with Crippen molar-refractivity contribution in [3.63, 3.8) is 0 Å². The maximum absolute atomic E-state index is 9.19. The van der Waals surface area contributed by atoms with E-state index < -0.39 is 0 Å². The molecule has 0 amide bonds. The van der Waals surface area contributed by atoms with Crippen LogP contribution >= 0.6 is 11.9 Å². The summed E-state index contributed by atoms with van der Waals surface area (Å²) in [6, 6.07) is 3.02. The van der Waals surface area contributed by atoms with Gasteiger partial charge in [0.25, 0.3) is 0 Å². The zero-order chi connectivity index (χ0) is 20.8. The number of allylic oxidation sites excluding steroid dienone is 9. The minimum absolute atomic E-state index is 0.624. The molecule has 4 rings (SSSR count). The second-order valence-electron chi connectivity index (χ2n) is 8.10. The molecule has 0 radical (unpaired) electrons. The Bertz CT molecular complexity index is 946. The lowest BCUT2D eigenvalue weighted by Crippen LogP contribution is -2.42. The molecule has 0 aromatic heterocycles. The Morgan fingerprint density at radius 2 is 2.10 bits per heavy atom. The topological polar surface area (TPSA) is 42.6 Å². The summed E-state index contributed by atoms with van der Waals surface area (Å²) in [5.41, 5.74) is 6.86. The molecule has 4 aliphatic rings. The first kappa shape index (κ1) is 20.8. The van der Waals surface area contributed by atoms with Crippen LogP contribution in [0.25, 0.3) is 0 Å². The lowest BCUT2D eigenvalue weighted by molar-refractivity contribution is 0.133. The summed E-state index contributed by atoms with van der Waals surface area (Å²) in [5, 5.41) is 9.19. The van der Waals surface area contributed by atoms with Gasteiger partial charge in [0.2, 0.25) is 0 Å². The SMILES string of the molecule is C=C(C1=CC=C(CC2=CC=C=CC(C#N)=C2)SN=C1)N1CCCN(C2CCC2)CC1. The quantitative estimate of drug-likeness (QED) is 0.462. The maximum atomic E-state index is 9.19. The molecule has 2 aliphatic carbocycles. The van der Waals surface area contributed by atoms with Crippen LogP contribution in [0, 0.1) is 11.3 Å². The number of nitrogens with zero attached hydrogens (tertiary/aromatic N) is 4. The highest BCUT2D eigenvalue weighted by Gasteiger charge is 2.27. The Kier molecular flexibility index (Phi) is 6.92. The molecule has 0 aromatic rings. The Morgan fingerprint density at radius 1 is 1.20 bits per heavy atom. The molecule has 2 fully saturated rings. The molecular formula is C25H28N4S. The van der Waals surface area contributed by atoms with Gasteiger partial charge in [-0.25, -0.2) is 4.40 Å². The van der Waals surface area contributed by atoms with Crippen molar-refractivity contribution < 1.29 is 0 Å². The fourth-order valence-corrected chi connectivity index (χ4v) is 4.80. The molecule has 0 bridgehead atoms. The van der Waals surface area contributed by atoms with Gasteiger partial charge in [0.15, 0.2) is 0 Å². The van der Waals surface area contributed by atoms with E-state index in [0.717, 1.165) is 53.8 Å². The maximum Gasteiger partial charge on any atom is 0.0998 e. The van der Waals surface area contributed by atoms with Crippen molar-refractivity contribution in [2.75, 3.05) is 26.2 Å². The minimum atomic E-state index is 0.624. The first-order valence-corrected chi connectivity index (χ1v) is 11.5. The predicted molar refractivity (Wildman–Crippen MR) is 126 cm³/mol. The normalized spacial score (nSPS) is 22.6. The predicted octanol–water partition coefficient (Wildman–Crippen LogP) is 5.09. The van der Waals surface area contributed by atoms with Gasteiger partial charge in [-0.15, -0.1) is 5.73 Å².